The van der Waals surface area contributed by atoms with Gasteiger partial charge < -0.3 is 19.6 Å². The van der Waals surface area contributed by atoms with Crippen molar-refractivity contribution >= 4 is 34.4 Å². The number of amides is 1. The van der Waals surface area contributed by atoms with Gasteiger partial charge in [0.2, 0.25) is 0 Å². The number of furan rings is 1. The summed E-state index contributed by atoms with van der Waals surface area (Å²) in [6, 6.07) is 10.7. The van der Waals surface area contributed by atoms with Crippen LogP contribution in [0.3, 0.4) is 0 Å². The third kappa shape index (κ3) is 4.16. The van der Waals surface area contributed by atoms with Crippen LogP contribution in [0.15, 0.2) is 47.0 Å². The zero-order valence-corrected chi connectivity index (χ0v) is 17.0. The number of H-pyrrole nitrogens is 1. The van der Waals surface area contributed by atoms with Crippen molar-refractivity contribution in [2.24, 2.45) is 0 Å². The zero-order valence-electron chi connectivity index (χ0n) is 16.3. The van der Waals surface area contributed by atoms with Crippen molar-refractivity contribution < 1.29 is 9.21 Å². The monoisotopic (exact) mass is 409 g/mol. The second-order valence-electron chi connectivity index (χ2n) is 7.12. The summed E-state index contributed by atoms with van der Waals surface area (Å²) >= 11 is 6.38. The van der Waals surface area contributed by atoms with Gasteiger partial charge in [-0.2, -0.15) is 0 Å². The molecule has 2 N–H and O–H groups in total. The zero-order chi connectivity index (χ0) is 20.5. The largest absolute Gasteiger partial charge is 0.455 e. The van der Waals surface area contributed by atoms with Gasteiger partial charge in [-0.3, -0.25) is 4.79 Å². The van der Waals surface area contributed by atoms with Gasteiger partial charge in [-0.05, 0) is 63.0 Å². The molecule has 4 rings (SSSR count). The first-order chi connectivity index (χ1) is 13.9. The van der Waals surface area contributed by atoms with E-state index in [-0.39, 0.29) is 11.7 Å². The quantitative estimate of drug-likeness (QED) is 0.507. The molecule has 0 saturated carbocycles. The maximum atomic E-state index is 12.5. The molecule has 0 spiro atoms. The number of pyridine rings is 1. The van der Waals surface area contributed by atoms with Crippen LogP contribution in [0, 0.1) is 6.92 Å². The molecule has 1 aromatic carbocycles. The van der Waals surface area contributed by atoms with Crippen molar-refractivity contribution in [3.05, 3.63) is 64.7 Å². The second-order valence-corrected chi connectivity index (χ2v) is 7.53. The number of aryl methyl sites for hydroxylation is 1. The maximum Gasteiger partial charge on any atom is 0.291 e. The lowest BCUT2D eigenvalue weighted by Crippen LogP contribution is -2.12. The fourth-order valence-corrected chi connectivity index (χ4v) is 3.21. The summed E-state index contributed by atoms with van der Waals surface area (Å²) in [6.07, 6.45) is 1.76. The van der Waals surface area contributed by atoms with E-state index in [2.05, 4.69) is 20.3 Å². The normalized spacial score (nSPS) is 11.3. The van der Waals surface area contributed by atoms with Gasteiger partial charge in [-0.15, -0.1) is 0 Å². The summed E-state index contributed by atoms with van der Waals surface area (Å²) in [5.74, 6) is 1.24. The highest BCUT2D eigenvalue weighted by atomic mass is 35.5. The molecule has 3 heterocycles. The highest BCUT2D eigenvalue weighted by Gasteiger charge is 2.15. The van der Waals surface area contributed by atoms with Crippen molar-refractivity contribution in [1.82, 2.24) is 19.9 Å². The van der Waals surface area contributed by atoms with Gasteiger partial charge >= 0.3 is 0 Å². The third-order valence-corrected chi connectivity index (χ3v) is 4.64. The minimum atomic E-state index is -0.329. The summed E-state index contributed by atoms with van der Waals surface area (Å²) in [4.78, 5) is 26.6. The number of halogens is 1. The molecule has 0 aliphatic rings. The minimum Gasteiger partial charge on any atom is -0.455 e. The van der Waals surface area contributed by atoms with Gasteiger partial charge in [0.15, 0.2) is 11.4 Å². The van der Waals surface area contributed by atoms with Crippen LogP contribution < -0.4 is 5.32 Å². The minimum absolute atomic E-state index is 0.252. The standard InChI is InChI=1S/C21H20ClN5O2/c1-12-8-17-20(23-10-12)26-19(25-17)15-9-13(4-6-16(15)22)24-21(28)18-7-5-14(29-18)11-27(2)3/h4-10H,11H2,1-3H3,(H,24,28)(H,23,25,26). The van der Waals surface area contributed by atoms with Gasteiger partial charge in [-0.1, -0.05) is 11.6 Å². The molecule has 29 heavy (non-hydrogen) atoms. The molecule has 7 nitrogen and oxygen atoms in total. The number of benzene rings is 1. The Kier molecular flexibility index (Phi) is 5.08. The first-order valence-electron chi connectivity index (χ1n) is 9.06. The summed E-state index contributed by atoms with van der Waals surface area (Å²) in [5, 5.41) is 3.36. The predicted molar refractivity (Wildman–Crippen MR) is 113 cm³/mol. The Labute approximate surface area is 172 Å². The van der Waals surface area contributed by atoms with Crippen LogP contribution in [0.1, 0.15) is 21.9 Å². The summed E-state index contributed by atoms with van der Waals surface area (Å²) in [6.45, 7) is 2.59. The van der Waals surface area contributed by atoms with Crippen molar-refractivity contribution in [2.45, 2.75) is 13.5 Å². The Balaban J connectivity index is 1.59. The summed E-state index contributed by atoms with van der Waals surface area (Å²) in [7, 11) is 3.87. The van der Waals surface area contributed by atoms with Crippen molar-refractivity contribution in [3.8, 4) is 11.4 Å². The highest BCUT2D eigenvalue weighted by Crippen LogP contribution is 2.30. The number of carbonyl (C=O) groups is 1. The van der Waals surface area contributed by atoms with Crippen LogP contribution in [-0.4, -0.2) is 39.9 Å². The number of fused-ring (bicyclic) bond motifs is 1. The number of rotatable bonds is 5. The number of carbonyl (C=O) groups excluding carboxylic acids is 1. The highest BCUT2D eigenvalue weighted by molar-refractivity contribution is 6.33. The Bertz CT molecular complexity index is 1190. The van der Waals surface area contributed by atoms with Crippen molar-refractivity contribution in [1.29, 1.82) is 0 Å². The van der Waals surface area contributed by atoms with Gasteiger partial charge in [0.05, 0.1) is 17.1 Å². The van der Waals surface area contributed by atoms with E-state index in [1.165, 1.54) is 0 Å². The van der Waals surface area contributed by atoms with Crippen LogP contribution in [0.4, 0.5) is 5.69 Å². The number of nitrogens with zero attached hydrogens (tertiary/aromatic N) is 3. The molecular weight excluding hydrogens is 390 g/mol. The van der Waals surface area contributed by atoms with Crippen LogP contribution in [0.5, 0.6) is 0 Å². The number of hydrogen-bond acceptors (Lipinski definition) is 5. The molecule has 0 fully saturated rings. The fourth-order valence-electron chi connectivity index (χ4n) is 3.01. The summed E-state index contributed by atoms with van der Waals surface area (Å²) in [5.41, 5.74) is 3.74. The van der Waals surface area contributed by atoms with E-state index in [0.29, 0.717) is 34.3 Å². The van der Waals surface area contributed by atoms with Crippen molar-refractivity contribution in [3.63, 3.8) is 0 Å². The topological polar surface area (TPSA) is 87.1 Å². The molecule has 8 heteroatoms. The maximum absolute atomic E-state index is 12.5. The van der Waals surface area contributed by atoms with E-state index in [9.17, 15) is 4.79 Å². The Hall–Kier alpha value is -3.16. The third-order valence-electron chi connectivity index (χ3n) is 4.31. The molecule has 148 valence electrons. The molecule has 0 unspecified atom stereocenters. The average molecular weight is 410 g/mol. The molecule has 0 aliphatic carbocycles. The molecule has 0 bridgehead atoms. The average Bonchev–Trinajstić information content (AvgIpc) is 3.29. The Morgan fingerprint density at radius 1 is 1.24 bits per heavy atom. The van der Waals surface area contributed by atoms with Crippen LogP contribution in [0.25, 0.3) is 22.6 Å². The van der Waals surface area contributed by atoms with Crippen LogP contribution >= 0.6 is 11.6 Å². The molecule has 4 aromatic rings. The lowest BCUT2D eigenvalue weighted by molar-refractivity contribution is 0.0993. The van der Waals surface area contributed by atoms with E-state index >= 15 is 0 Å². The molecule has 3 aromatic heterocycles. The lowest BCUT2D eigenvalue weighted by atomic mass is 10.2. The summed E-state index contributed by atoms with van der Waals surface area (Å²) < 4.78 is 5.61. The number of anilines is 1. The van der Waals surface area contributed by atoms with E-state index in [1.807, 2.05) is 32.0 Å². The Morgan fingerprint density at radius 2 is 2.07 bits per heavy atom. The number of nitrogens with one attached hydrogen (secondary N) is 2. The molecular formula is C21H20ClN5O2. The fraction of sp³-hybridized carbons (Fsp3) is 0.190. The first kappa shape index (κ1) is 19.2. The predicted octanol–water partition coefficient (Wildman–Crippen LogP) is 4.49. The molecule has 0 atom stereocenters. The van der Waals surface area contributed by atoms with Gasteiger partial charge in [0, 0.05) is 17.4 Å². The number of aromatic amines is 1. The van der Waals surface area contributed by atoms with Gasteiger partial charge in [0.25, 0.3) is 5.91 Å². The molecule has 0 radical (unpaired) electrons. The number of aromatic nitrogens is 3. The van der Waals surface area contributed by atoms with E-state index in [0.717, 1.165) is 16.8 Å². The van der Waals surface area contributed by atoms with Gasteiger partial charge in [-0.25, -0.2) is 9.97 Å². The molecule has 1 amide bonds. The van der Waals surface area contributed by atoms with E-state index in [4.69, 9.17) is 16.0 Å². The van der Waals surface area contributed by atoms with Gasteiger partial charge in [0.1, 0.15) is 11.6 Å². The van der Waals surface area contributed by atoms with Crippen molar-refractivity contribution in [2.75, 3.05) is 19.4 Å². The molecule has 0 saturated heterocycles. The van der Waals surface area contributed by atoms with E-state index in [1.54, 1.807) is 36.5 Å². The SMILES string of the molecule is Cc1cnc2nc(-c3cc(NC(=O)c4ccc(CN(C)C)o4)ccc3Cl)[nH]c2c1. The second kappa shape index (κ2) is 7.69. The lowest BCUT2D eigenvalue weighted by Gasteiger charge is -2.08. The first-order valence-corrected chi connectivity index (χ1v) is 9.44. The van der Waals surface area contributed by atoms with Crippen LogP contribution in [-0.2, 0) is 6.54 Å². The van der Waals surface area contributed by atoms with E-state index < -0.39 is 0 Å². The molecule has 0 aliphatic heterocycles. The van der Waals surface area contributed by atoms with Crippen LogP contribution in [0.2, 0.25) is 5.02 Å². The number of hydrogen-bond donors (Lipinski definition) is 2. The Morgan fingerprint density at radius 3 is 2.86 bits per heavy atom. The smallest absolute Gasteiger partial charge is 0.291 e. The number of imidazole rings is 1.